The van der Waals surface area contributed by atoms with E-state index in [-0.39, 0.29) is 28.4 Å². The first-order chi connectivity index (χ1) is 19.3. The number of amides is 1. The molecule has 1 saturated heterocycles. The van der Waals surface area contributed by atoms with Gasteiger partial charge in [-0.3, -0.25) is 14.5 Å². The maximum absolute atomic E-state index is 14.1. The summed E-state index contributed by atoms with van der Waals surface area (Å²) in [5.74, 6) is -1.26. The predicted octanol–water partition coefficient (Wildman–Crippen LogP) is 6.57. The van der Waals surface area contributed by atoms with Crippen LogP contribution in [-0.2, 0) is 21.8 Å². The summed E-state index contributed by atoms with van der Waals surface area (Å²) >= 11 is 8.67. The molecule has 3 heterocycles. The second-order valence-electron chi connectivity index (χ2n) is 9.41. The number of aliphatic hydroxyl groups is 1. The van der Waals surface area contributed by atoms with Crippen LogP contribution >= 0.6 is 34.7 Å². The van der Waals surface area contributed by atoms with Crippen molar-refractivity contribution in [3.8, 4) is 5.75 Å². The van der Waals surface area contributed by atoms with Crippen LogP contribution in [0.15, 0.2) is 76.6 Å². The van der Waals surface area contributed by atoms with Crippen molar-refractivity contribution >= 4 is 57.3 Å². The molecular weight excluding hydrogens is 573 g/mol. The molecule has 0 unspecified atom stereocenters. The molecule has 7 nitrogen and oxygen atoms in total. The maximum Gasteiger partial charge on any atom is 0.301 e. The van der Waals surface area contributed by atoms with Crippen LogP contribution in [0.2, 0.25) is 5.02 Å². The number of hydrogen-bond donors (Lipinski definition) is 1. The van der Waals surface area contributed by atoms with E-state index in [1.165, 1.54) is 22.7 Å². The summed E-state index contributed by atoms with van der Waals surface area (Å²) in [6.45, 7) is 1.95. The lowest BCUT2D eigenvalue weighted by Gasteiger charge is -2.22. The van der Waals surface area contributed by atoms with Gasteiger partial charge in [-0.05, 0) is 60.0 Å². The second kappa shape index (κ2) is 10.7. The molecule has 202 valence electrons. The molecule has 1 amide bonds. The Morgan fingerprint density at radius 2 is 1.98 bits per heavy atom. The summed E-state index contributed by atoms with van der Waals surface area (Å²) in [5, 5.41) is 20.4. The Morgan fingerprint density at radius 1 is 1.15 bits per heavy atom. The van der Waals surface area contributed by atoms with Crippen molar-refractivity contribution in [1.82, 2.24) is 10.2 Å². The van der Waals surface area contributed by atoms with Crippen LogP contribution in [0.1, 0.15) is 35.2 Å². The van der Waals surface area contributed by atoms with E-state index in [0.29, 0.717) is 38.2 Å². The Labute approximate surface area is 242 Å². The van der Waals surface area contributed by atoms with E-state index in [4.69, 9.17) is 16.3 Å². The van der Waals surface area contributed by atoms with E-state index in [9.17, 15) is 19.1 Å². The normalized spacial score (nSPS) is 19.6. The lowest BCUT2D eigenvalue weighted by Crippen LogP contribution is -2.29. The van der Waals surface area contributed by atoms with Crippen LogP contribution in [-0.4, -0.2) is 33.1 Å². The number of aromatic nitrogens is 2. The molecule has 3 aromatic carbocycles. The predicted molar refractivity (Wildman–Crippen MR) is 152 cm³/mol. The first-order valence-electron chi connectivity index (χ1n) is 12.4. The molecular formula is C29H21ClFN3O4S2. The zero-order valence-electron chi connectivity index (χ0n) is 21.0. The zero-order valence-corrected chi connectivity index (χ0v) is 23.4. The molecule has 0 spiro atoms. The molecule has 6 rings (SSSR count). The first-order valence-corrected chi connectivity index (χ1v) is 14.5. The largest absolute Gasteiger partial charge is 0.507 e. The topological polar surface area (TPSA) is 92.6 Å². The summed E-state index contributed by atoms with van der Waals surface area (Å²) < 4.78 is 20.3. The minimum absolute atomic E-state index is 0.00675. The van der Waals surface area contributed by atoms with Crippen LogP contribution in [0, 0.1) is 5.82 Å². The van der Waals surface area contributed by atoms with Gasteiger partial charge in [0.2, 0.25) is 5.13 Å². The highest BCUT2D eigenvalue weighted by Crippen LogP contribution is 2.45. The number of nitrogens with zero attached hydrogens (tertiary/aromatic N) is 3. The number of ketones is 1. The number of carbonyl (C=O) groups excluding carboxylic acids is 2. The highest BCUT2D eigenvalue weighted by atomic mass is 35.5. The van der Waals surface area contributed by atoms with Gasteiger partial charge >= 0.3 is 5.91 Å². The highest BCUT2D eigenvalue weighted by Gasteiger charge is 2.48. The summed E-state index contributed by atoms with van der Waals surface area (Å²) in [4.78, 5) is 28.1. The number of aliphatic hydroxyl groups excluding tert-OH is 1. The number of rotatable bonds is 6. The monoisotopic (exact) mass is 593 g/mol. The van der Waals surface area contributed by atoms with E-state index >= 15 is 0 Å². The fourth-order valence-electron chi connectivity index (χ4n) is 4.86. The lowest BCUT2D eigenvalue weighted by atomic mass is 9.94. The molecule has 1 N–H and O–H groups in total. The Morgan fingerprint density at radius 3 is 2.77 bits per heavy atom. The van der Waals surface area contributed by atoms with Gasteiger partial charge in [-0.2, -0.15) is 0 Å². The van der Waals surface area contributed by atoms with Crippen molar-refractivity contribution in [1.29, 1.82) is 0 Å². The Hall–Kier alpha value is -3.73. The maximum atomic E-state index is 14.1. The highest BCUT2D eigenvalue weighted by molar-refractivity contribution is 8.00. The smallest absolute Gasteiger partial charge is 0.301 e. The lowest BCUT2D eigenvalue weighted by molar-refractivity contribution is -0.132. The number of fused-ring (bicyclic) bond motifs is 1. The number of thioether (sulfide) groups is 1. The minimum Gasteiger partial charge on any atom is -0.507 e. The summed E-state index contributed by atoms with van der Waals surface area (Å²) in [5.41, 5.74) is 2.28. The van der Waals surface area contributed by atoms with E-state index < -0.39 is 17.7 Å². The van der Waals surface area contributed by atoms with E-state index in [1.807, 2.05) is 6.92 Å². The molecule has 2 atom stereocenters. The number of ether oxygens (including phenoxy) is 1. The number of hydrogen-bond acceptors (Lipinski definition) is 8. The van der Waals surface area contributed by atoms with Crippen LogP contribution in [0.3, 0.4) is 0 Å². The fraction of sp³-hybridized carbons (Fsp3) is 0.172. The van der Waals surface area contributed by atoms with Crippen LogP contribution < -0.4 is 9.64 Å². The van der Waals surface area contributed by atoms with Gasteiger partial charge in [-0.15, -0.1) is 10.2 Å². The van der Waals surface area contributed by atoms with Gasteiger partial charge < -0.3 is 9.84 Å². The summed E-state index contributed by atoms with van der Waals surface area (Å²) in [6, 6.07) is 17.4. The average Bonchev–Trinajstić information content (AvgIpc) is 3.63. The number of anilines is 1. The quantitative estimate of drug-likeness (QED) is 0.0888. The fourth-order valence-corrected chi connectivity index (χ4v) is 6.91. The van der Waals surface area contributed by atoms with Gasteiger partial charge in [0.25, 0.3) is 5.78 Å². The molecule has 1 aromatic heterocycles. The van der Waals surface area contributed by atoms with E-state index in [2.05, 4.69) is 10.2 Å². The van der Waals surface area contributed by atoms with E-state index in [0.717, 1.165) is 22.6 Å². The summed E-state index contributed by atoms with van der Waals surface area (Å²) in [7, 11) is 0. The third kappa shape index (κ3) is 4.87. The first kappa shape index (κ1) is 26.5. The number of carbonyl (C=O) groups is 2. The van der Waals surface area contributed by atoms with Crippen molar-refractivity contribution in [3.05, 3.63) is 105 Å². The molecule has 11 heteroatoms. The number of Topliss-reactive ketones (excluding diaryl/α,β-unsaturated/α-hetero) is 1. The molecule has 0 saturated carbocycles. The summed E-state index contributed by atoms with van der Waals surface area (Å²) in [6.07, 6.45) is 0.674. The SMILES string of the molecule is C[C@@H]1Cc2cc(/C(O)=C3\C(=O)C(=O)N(c4nnc(SCc5ccccc5F)s4)[C@H]3c3cccc(Cl)c3)ccc2O1. The van der Waals surface area contributed by atoms with Gasteiger partial charge in [0.15, 0.2) is 4.34 Å². The van der Waals surface area contributed by atoms with E-state index in [1.54, 1.807) is 60.7 Å². The molecule has 0 bridgehead atoms. The van der Waals surface area contributed by atoms with Gasteiger partial charge in [0.1, 0.15) is 23.4 Å². The molecule has 2 aliphatic heterocycles. The minimum atomic E-state index is -0.987. The molecule has 2 aliphatic rings. The van der Waals surface area contributed by atoms with Crippen LogP contribution in [0.4, 0.5) is 9.52 Å². The van der Waals surface area contributed by atoms with Crippen LogP contribution in [0.25, 0.3) is 5.76 Å². The van der Waals surface area contributed by atoms with Gasteiger partial charge in [0, 0.05) is 22.8 Å². The third-order valence-electron chi connectivity index (χ3n) is 6.69. The second-order valence-corrected chi connectivity index (χ2v) is 12.0. The van der Waals surface area contributed by atoms with Crippen molar-refractivity contribution in [2.75, 3.05) is 4.90 Å². The Bertz CT molecular complexity index is 1690. The third-order valence-corrected chi connectivity index (χ3v) is 9.03. The van der Waals surface area contributed by atoms with Gasteiger partial charge in [-0.25, -0.2) is 4.39 Å². The zero-order chi connectivity index (χ0) is 28.0. The Balaban J connectivity index is 1.39. The van der Waals surface area contributed by atoms with Crippen molar-refractivity contribution in [2.45, 2.75) is 35.6 Å². The molecule has 4 aromatic rings. The van der Waals surface area contributed by atoms with Crippen LogP contribution in [0.5, 0.6) is 5.75 Å². The molecule has 0 aliphatic carbocycles. The Kier molecular flexibility index (Phi) is 7.07. The van der Waals surface area contributed by atoms with Crippen molar-refractivity contribution in [3.63, 3.8) is 0 Å². The number of benzene rings is 3. The van der Waals surface area contributed by atoms with Crippen molar-refractivity contribution < 1.29 is 23.8 Å². The van der Waals surface area contributed by atoms with Crippen molar-refractivity contribution in [2.24, 2.45) is 0 Å². The number of halogens is 2. The molecule has 1 fully saturated rings. The average molecular weight is 594 g/mol. The van der Waals surface area contributed by atoms with Gasteiger partial charge in [-0.1, -0.05) is 65.0 Å². The molecule has 0 radical (unpaired) electrons. The van der Waals surface area contributed by atoms with Gasteiger partial charge in [0.05, 0.1) is 11.6 Å². The standard InChI is InChI=1S/C29H21ClFN3O4S2/c1-15-11-19-12-17(9-10-22(19)38-15)25(35)23-24(16-6-4-7-20(30)13-16)34(27(37)26(23)36)28-32-33-29(40-28)39-14-18-5-2-3-8-21(18)31/h2-10,12-13,15,24,35H,11,14H2,1H3/b25-23+/t15-,24+/m1/s1. The molecule has 40 heavy (non-hydrogen) atoms.